The van der Waals surface area contributed by atoms with Crippen LogP contribution in [-0.4, -0.2) is 22.1 Å². The molecule has 0 aliphatic carbocycles. The molecule has 0 saturated carbocycles. The lowest BCUT2D eigenvalue weighted by atomic mass is 10.2. The van der Waals surface area contributed by atoms with E-state index >= 15 is 0 Å². The highest BCUT2D eigenvalue weighted by Crippen LogP contribution is 2.23. The molecule has 0 spiro atoms. The topological polar surface area (TPSA) is 65.2 Å². The molecule has 19 heavy (non-hydrogen) atoms. The van der Waals surface area contributed by atoms with Gasteiger partial charge in [-0.1, -0.05) is 0 Å². The number of methoxy groups -OCH3 is 1. The minimum absolute atomic E-state index is 0.529. The summed E-state index contributed by atoms with van der Waals surface area (Å²) in [7, 11) is 0.446. The molecule has 0 bridgehead atoms. The van der Waals surface area contributed by atoms with Gasteiger partial charge in [-0.25, -0.2) is 0 Å². The van der Waals surface area contributed by atoms with Crippen molar-refractivity contribution in [2.45, 2.75) is 11.3 Å². The van der Waals surface area contributed by atoms with Crippen molar-refractivity contribution in [1.82, 2.24) is 4.98 Å². The van der Waals surface area contributed by atoms with Crippen molar-refractivity contribution in [1.29, 1.82) is 0 Å². The summed E-state index contributed by atoms with van der Waals surface area (Å²) in [4.78, 5) is 4.59. The Labute approximate surface area is 115 Å². The smallest absolute Gasteiger partial charge is 0.120 e. The van der Waals surface area contributed by atoms with Gasteiger partial charge in [0.1, 0.15) is 5.75 Å². The standard InChI is InChI=1S/C14H16N2O2S/c1-18-12-2-3-13(15)14(10-12)19(17)9-6-11-4-7-16-8-5-11/h2-5,7-8,10H,6,9,15H2,1H3. The van der Waals surface area contributed by atoms with E-state index in [2.05, 4.69) is 4.98 Å². The first kappa shape index (κ1) is 13.5. The highest BCUT2D eigenvalue weighted by Gasteiger charge is 2.09. The summed E-state index contributed by atoms with van der Waals surface area (Å²) in [5.41, 5.74) is 7.51. The van der Waals surface area contributed by atoms with E-state index in [0.29, 0.717) is 22.1 Å². The number of pyridine rings is 1. The van der Waals surface area contributed by atoms with Crippen LogP contribution in [0.5, 0.6) is 5.75 Å². The van der Waals surface area contributed by atoms with Gasteiger partial charge in [-0.15, -0.1) is 0 Å². The molecule has 0 amide bonds. The van der Waals surface area contributed by atoms with Crippen LogP contribution < -0.4 is 10.5 Å². The first-order valence-corrected chi connectivity index (χ1v) is 7.23. The fourth-order valence-corrected chi connectivity index (χ4v) is 2.93. The second-order valence-electron chi connectivity index (χ2n) is 4.06. The molecule has 2 rings (SSSR count). The SMILES string of the molecule is COc1ccc(N)c(S(=O)CCc2ccncc2)c1. The second kappa shape index (κ2) is 6.33. The zero-order valence-corrected chi connectivity index (χ0v) is 11.5. The van der Waals surface area contributed by atoms with Crippen LogP contribution in [0.4, 0.5) is 5.69 Å². The third-order valence-corrected chi connectivity index (χ3v) is 4.21. The molecule has 2 aromatic rings. The van der Waals surface area contributed by atoms with Crippen LogP contribution in [0.15, 0.2) is 47.6 Å². The summed E-state index contributed by atoms with van der Waals surface area (Å²) >= 11 is 0. The number of hydrogen-bond donors (Lipinski definition) is 1. The number of nitrogen functional groups attached to an aromatic ring is 1. The number of aryl methyl sites for hydroxylation is 1. The van der Waals surface area contributed by atoms with Gasteiger partial charge < -0.3 is 10.5 Å². The van der Waals surface area contributed by atoms with Crippen molar-refractivity contribution in [3.05, 3.63) is 48.3 Å². The molecule has 100 valence electrons. The lowest BCUT2D eigenvalue weighted by molar-refractivity contribution is 0.413. The van der Waals surface area contributed by atoms with Crippen molar-refractivity contribution in [2.75, 3.05) is 18.6 Å². The number of rotatable bonds is 5. The summed E-state index contributed by atoms with van der Waals surface area (Å²) in [5.74, 6) is 1.20. The average molecular weight is 276 g/mol. The first-order chi connectivity index (χ1) is 9.20. The zero-order valence-electron chi connectivity index (χ0n) is 10.7. The van der Waals surface area contributed by atoms with Crippen molar-refractivity contribution in [2.24, 2.45) is 0 Å². The Bertz CT molecular complexity index is 573. The van der Waals surface area contributed by atoms with E-state index in [-0.39, 0.29) is 0 Å². The predicted octanol–water partition coefficient (Wildman–Crippen LogP) is 2.02. The number of nitrogens with two attached hydrogens (primary N) is 1. The molecular formula is C14H16N2O2S. The van der Waals surface area contributed by atoms with Gasteiger partial charge in [0.15, 0.2) is 0 Å². The molecule has 1 heterocycles. The Morgan fingerprint density at radius 2 is 2.00 bits per heavy atom. The largest absolute Gasteiger partial charge is 0.497 e. The summed E-state index contributed by atoms with van der Waals surface area (Å²) in [6.07, 6.45) is 4.20. The minimum Gasteiger partial charge on any atom is -0.497 e. The van der Waals surface area contributed by atoms with E-state index in [9.17, 15) is 4.21 Å². The van der Waals surface area contributed by atoms with Crippen LogP contribution in [0.25, 0.3) is 0 Å². The number of aromatic nitrogens is 1. The van der Waals surface area contributed by atoms with Crippen LogP contribution in [0.2, 0.25) is 0 Å². The highest BCUT2D eigenvalue weighted by molar-refractivity contribution is 7.85. The highest BCUT2D eigenvalue weighted by atomic mass is 32.2. The second-order valence-corrected chi connectivity index (χ2v) is 5.60. The minimum atomic E-state index is -1.13. The normalized spacial score (nSPS) is 12.1. The maximum atomic E-state index is 12.3. The van der Waals surface area contributed by atoms with Crippen LogP contribution in [0.3, 0.4) is 0 Å². The van der Waals surface area contributed by atoms with E-state index in [1.807, 2.05) is 12.1 Å². The molecule has 1 aromatic carbocycles. The number of benzene rings is 1. The van der Waals surface area contributed by atoms with Crippen LogP contribution >= 0.6 is 0 Å². The molecule has 2 N–H and O–H groups in total. The molecule has 0 aliphatic rings. The fraction of sp³-hybridized carbons (Fsp3) is 0.214. The fourth-order valence-electron chi connectivity index (χ4n) is 1.71. The predicted molar refractivity (Wildman–Crippen MR) is 76.6 cm³/mol. The Kier molecular flexibility index (Phi) is 4.52. The van der Waals surface area contributed by atoms with Crippen molar-refractivity contribution in [3.63, 3.8) is 0 Å². The molecule has 0 aliphatic heterocycles. The molecule has 1 unspecified atom stereocenters. The van der Waals surface area contributed by atoms with Gasteiger partial charge in [0.2, 0.25) is 0 Å². The Hall–Kier alpha value is -1.88. The Morgan fingerprint density at radius 3 is 2.68 bits per heavy atom. The Morgan fingerprint density at radius 1 is 1.26 bits per heavy atom. The van der Waals surface area contributed by atoms with Crippen LogP contribution in [0.1, 0.15) is 5.56 Å². The number of ether oxygens (including phenoxy) is 1. The van der Waals surface area contributed by atoms with Gasteiger partial charge in [0, 0.05) is 23.8 Å². The summed E-state index contributed by atoms with van der Waals surface area (Å²) in [6.45, 7) is 0. The monoisotopic (exact) mass is 276 g/mol. The molecular weight excluding hydrogens is 260 g/mol. The van der Waals surface area contributed by atoms with Crippen LogP contribution in [-0.2, 0) is 17.2 Å². The van der Waals surface area contributed by atoms with Crippen molar-refractivity contribution < 1.29 is 8.95 Å². The maximum Gasteiger partial charge on any atom is 0.120 e. The average Bonchev–Trinajstić information content (AvgIpc) is 2.46. The third kappa shape index (κ3) is 3.54. The summed E-state index contributed by atoms with van der Waals surface area (Å²) < 4.78 is 17.4. The summed E-state index contributed by atoms with van der Waals surface area (Å²) in [6, 6.07) is 9.06. The van der Waals surface area contributed by atoms with Crippen LogP contribution in [0, 0.1) is 0 Å². The summed E-state index contributed by atoms with van der Waals surface area (Å²) in [5, 5.41) is 0. The van der Waals surface area contributed by atoms with Gasteiger partial charge in [0.05, 0.1) is 22.8 Å². The number of hydrogen-bond acceptors (Lipinski definition) is 4. The Balaban J connectivity index is 2.08. The number of nitrogens with zero attached hydrogens (tertiary/aromatic N) is 1. The van der Waals surface area contributed by atoms with Crippen molar-refractivity contribution in [3.8, 4) is 5.75 Å². The molecule has 0 radical (unpaired) electrons. The van der Waals surface area contributed by atoms with E-state index in [4.69, 9.17) is 10.5 Å². The molecule has 5 heteroatoms. The molecule has 0 saturated heterocycles. The van der Waals surface area contributed by atoms with E-state index < -0.39 is 10.8 Å². The van der Waals surface area contributed by atoms with Gasteiger partial charge in [-0.2, -0.15) is 0 Å². The van der Waals surface area contributed by atoms with Gasteiger partial charge in [0.25, 0.3) is 0 Å². The quantitative estimate of drug-likeness (QED) is 0.849. The van der Waals surface area contributed by atoms with Gasteiger partial charge in [-0.05, 0) is 42.3 Å². The molecule has 0 fully saturated rings. The van der Waals surface area contributed by atoms with E-state index in [1.165, 1.54) is 0 Å². The van der Waals surface area contributed by atoms with E-state index in [1.54, 1.807) is 37.7 Å². The lowest BCUT2D eigenvalue weighted by Crippen LogP contribution is -2.05. The number of anilines is 1. The third-order valence-electron chi connectivity index (χ3n) is 2.79. The van der Waals surface area contributed by atoms with Crippen molar-refractivity contribution >= 4 is 16.5 Å². The maximum absolute atomic E-state index is 12.3. The zero-order chi connectivity index (χ0) is 13.7. The first-order valence-electron chi connectivity index (χ1n) is 5.91. The molecule has 1 aromatic heterocycles. The van der Waals surface area contributed by atoms with Gasteiger partial charge in [-0.3, -0.25) is 9.19 Å². The lowest BCUT2D eigenvalue weighted by Gasteiger charge is -2.08. The molecule has 1 atom stereocenters. The molecule has 4 nitrogen and oxygen atoms in total. The van der Waals surface area contributed by atoms with E-state index in [0.717, 1.165) is 12.0 Å². The van der Waals surface area contributed by atoms with Gasteiger partial charge >= 0.3 is 0 Å².